The van der Waals surface area contributed by atoms with Crippen LogP contribution < -0.4 is 14.8 Å². The highest BCUT2D eigenvalue weighted by molar-refractivity contribution is 7.41. The molecule has 0 heterocycles. The number of hydrogen-bond acceptors (Lipinski definition) is 11. The average molecular weight is 591 g/mol. The Morgan fingerprint density at radius 3 is 2.15 bits per heavy atom. The number of carbonyl (C=O) groups excluding carboxylic acids is 3. The minimum atomic E-state index is -2.35. The van der Waals surface area contributed by atoms with Gasteiger partial charge in [-0.3, -0.25) is 9.32 Å². The number of benzene rings is 2. The highest BCUT2D eigenvalue weighted by atomic mass is 31.2. The third kappa shape index (κ3) is 11.3. The van der Waals surface area contributed by atoms with Crippen LogP contribution in [0.4, 0.5) is 4.79 Å². The molecule has 222 valence electrons. The van der Waals surface area contributed by atoms with Crippen LogP contribution in [0.1, 0.15) is 49.2 Å². The maximum absolute atomic E-state index is 13.7. The molecule has 13 heteroatoms. The first-order chi connectivity index (χ1) is 19.5. The van der Waals surface area contributed by atoms with E-state index in [0.29, 0.717) is 22.6 Å². The van der Waals surface area contributed by atoms with Crippen molar-refractivity contribution in [2.45, 2.75) is 44.9 Å². The summed E-state index contributed by atoms with van der Waals surface area (Å²) in [5, 5.41) is 11.4. The fourth-order valence-corrected chi connectivity index (χ4v) is 4.34. The van der Waals surface area contributed by atoms with Crippen LogP contribution in [-0.4, -0.2) is 64.0 Å². The molecule has 0 aliphatic rings. The molecule has 0 bridgehead atoms. The first-order valence-corrected chi connectivity index (χ1v) is 13.6. The van der Waals surface area contributed by atoms with Crippen LogP contribution >= 0.6 is 8.60 Å². The van der Waals surface area contributed by atoms with E-state index in [1.165, 1.54) is 14.2 Å². The third-order valence-corrected chi connectivity index (χ3v) is 6.23. The van der Waals surface area contributed by atoms with Gasteiger partial charge in [-0.25, -0.2) is 9.59 Å². The summed E-state index contributed by atoms with van der Waals surface area (Å²) in [5.74, 6) is -0.400. The number of nitrogens with one attached hydrogen (secondary N) is 1. The molecule has 0 saturated carbocycles. The van der Waals surface area contributed by atoms with Crippen molar-refractivity contribution in [3.63, 3.8) is 0 Å². The number of methoxy groups -OCH3 is 3. The molecule has 0 saturated heterocycles. The number of carbonyl (C=O) groups is 3. The quantitative estimate of drug-likeness (QED) is 0.131. The Bertz CT molecular complexity index is 1170. The molecule has 0 fully saturated rings. The number of nitriles is 1. The number of nitrogens with zero attached hydrogens (tertiary/aromatic N) is 1. The van der Waals surface area contributed by atoms with Gasteiger partial charge in [-0.1, -0.05) is 30.3 Å². The summed E-state index contributed by atoms with van der Waals surface area (Å²) in [6.45, 7) is 4.48. The fraction of sp³-hybridized carbons (Fsp3) is 0.429. The van der Waals surface area contributed by atoms with Gasteiger partial charge in [-0.05, 0) is 38.5 Å². The molecule has 2 rings (SSSR count). The second-order valence-electron chi connectivity index (χ2n) is 9.34. The van der Waals surface area contributed by atoms with Gasteiger partial charge in [0.2, 0.25) is 0 Å². The third-order valence-electron chi connectivity index (χ3n) is 5.10. The van der Waals surface area contributed by atoms with Gasteiger partial charge in [0.1, 0.15) is 17.1 Å². The molecule has 0 aliphatic carbocycles. The van der Waals surface area contributed by atoms with Crippen molar-refractivity contribution in [2.24, 2.45) is 0 Å². The summed E-state index contributed by atoms with van der Waals surface area (Å²) >= 11 is 0. The normalized spacial score (nSPS) is 13.2. The predicted molar refractivity (Wildman–Crippen MR) is 148 cm³/mol. The molecule has 12 nitrogen and oxygen atoms in total. The number of hydrogen-bond donors (Lipinski definition) is 1. The van der Waals surface area contributed by atoms with Crippen molar-refractivity contribution in [3.05, 3.63) is 59.7 Å². The van der Waals surface area contributed by atoms with Crippen molar-refractivity contribution in [1.29, 1.82) is 5.26 Å². The van der Waals surface area contributed by atoms with Gasteiger partial charge in [0, 0.05) is 11.6 Å². The van der Waals surface area contributed by atoms with Gasteiger partial charge < -0.3 is 33.3 Å². The Kier molecular flexibility index (Phi) is 13.5. The molecule has 1 N–H and O–H groups in total. The van der Waals surface area contributed by atoms with E-state index in [4.69, 9.17) is 37.8 Å². The van der Waals surface area contributed by atoms with E-state index < -0.39 is 50.8 Å². The van der Waals surface area contributed by atoms with Gasteiger partial charge >= 0.3 is 20.7 Å². The topological polar surface area (TPSA) is 152 Å². The number of amides is 1. The maximum Gasteiger partial charge on any atom is 0.408 e. The SMILES string of the molecule is COC(=O)[C@H](COP(OCCC#N)O[C@@H](C(=O)c1ccccc1)c1cc(OC)cc(OC)c1)NC(=O)OC(C)(C)C. The summed E-state index contributed by atoms with van der Waals surface area (Å²) in [6, 6.07) is 14.0. The monoisotopic (exact) mass is 590 g/mol. The van der Waals surface area contributed by atoms with E-state index in [0.717, 1.165) is 7.11 Å². The van der Waals surface area contributed by atoms with Crippen LogP contribution in [0.3, 0.4) is 0 Å². The minimum absolute atomic E-state index is 0.00637. The second kappa shape index (κ2) is 16.5. The molecule has 2 aromatic carbocycles. The zero-order chi connectivity index (χ0) is 30.4. The lowest BCUT2D eigenvalue weighted by Crippen LogP contribution is -2.46. The van der Waals surface area contributed by atoms with E-state index >= 15 is 0 Å². The van der Waals surface area contributed by atoms with Crippen molar-refractivity contribution in [2.75, 3.05) is 34.5 Å². The van der Waals surface area contributed by atoms with Gasteiger partial charge in [0.25, 0.3) is 0 Å². The first-order valence-electron chi connectivity index (χ1n) is 12.5. The number of ether oxygens (including phenoxy) is 4. The van der Waals surface area contributed by atoms with Crippen molar-refractivity contribution in [1.82, 2.24) is 5.32 Å². The van der Waals surface area contributed by atoms with Gasteiger partial charge in [-0.15, -0.1) is 0 Å². The summed E-state index contributed by atoms with van der Waals surface area (Å²) in [4.78, 5) is 38.4. The average Bonchev–Trinajstić information content (AvgIpc) is 2.95. The highest BCUT2D eigenvalue weighted by Gasteiger charge is 2.32. The lowest BCUT2D eigenvalue weighted by molar-refractivity contribution is -0.144. The van der Waals surface area contributed by atoms with Crippen molar-refractivity contribution >= 4 is 26.4 Å². The van der Waals surface area contributed by atoms with E-state index in [1.54, 1.807) is 69.3 Å². The summed E-state index contributed by atoms with van der Waals surface area (Å²) in [5.41, 5.74) is -0.0818. The van der Waals surface area contributed by atoms with Crippen LogP contribution in [0.15, 0.2) is 48.5 Å². The zero-order valence-electron chi connectivity index (χ0n) is 23.9. The number of ketones is 1. The second-order valence-corrected chi connectivity index (χ2v) is 10.5. The predicted octanol–water partition coefficient (Wildman–Crippen LogP) is 4.88. The fourth-order valence-electron chi connectivity index (χ4n) is 3.24. The number of Topliss-reactive ketones (excluding diaryl/α,β-unsaturated/α-hetero) is 1. The molecule has 0 aliphatic heterocycles. The molecule has 0 spiro atoms. The highest BCUT2D eigenvalue weighted by Crippen LogP contribution is 2.46. The number of rotatable bonds is 15. The summed E-state index contributed by atoms with van der Waals surface area (Å²) < 4.78 is 38.3. The molecule has 1 unspecified atom stereocenters. The van der Waals surface area contributed by atoms with Crippen molar-refractivity contribution in [3.8, 4) is 17.6 Å². The molecule has 0 radical (unpaired) electrons. The Hall–Kier alpha value is -3.75. The number of esters is 1. The van der Waals surface area contributed by atoms with Crippen LogP contribution in [0, 0.1) is 11.3 Å². The molecular formula is C28H35N2O10P. The Morgan fingerprint density at radius 1 is 0.976 bits per heavy atom. The van der Waals surface area contributed by atoms with Crippen LogP contribution in [0.5, 0.6) is 11.5 Å². The number of alkyl carbamates (subject to hydrolysis) is 1. The van der Waals surface area contributed by atoms with Gasteiger partial charge in [-0.2, -0.15) is 5.26 Å². The largest absolute Gasteiger partial charge is 0.497 e. The van der Waals surface area contributed by atoms with E-state index in [2.05, 4.69) is 5.32 Å². The Labute approximate surface area is 240 Å². The minimum Gasteiger partial charge on any atom is -0.497 e. The van der Waals surface area contributed by atoms with E-state index in [1.807, 2.05) is 6.07 Å². The summed E-state index contributed by atoms with van der Waals surface area (Å²) in [6.07, 6.45) is -2.12. The van der Waals surface area contributed by atoms with Crippen LogP contribution in [0.25, 0.3) is 0 Å². The van der Waals surface area contributed by atoms with Crippen LogP contribution in [0.2, 0.25) is 0 Å². The smallest absolute Gasteiger partial charge is 0.408 e. The molecular weight excluding hydrogens is 555 g/mol. The first kappa shape index (κ1) is 33.5. The Morgan fingerprint density at radius 2 is 1.61 bits per heavy atom. The van der Waals surface area contributed by atoms with Gasteiger partial charge in [0.05, 0.1) is 47.0 Å². The maximum atomic E-state index is 13.7. The molecule has 3 atom stereocenters. The van der Waals surface area contributed by atoms with E-state index in [9.17, 15) is 14.4 Å². The molecule has 0 aromatic heterocycles. The zero-order valence-corrected chi connectivity index (χ0v) is 24.8. The molecule has 1 amide bonds. The van der Waals surface area contributed by atoms with Crippen LogP contribution in [-0.2, 0) is 27.8 Å². The lowest BCUT2D eigenvalue weighted by Gasteiger charge is -2.25. The Balaban J connectivity index is 2.39. The van der Waals surface area contributed by atoms with Gasteiger partial charge in [0.15, 0.2) is 17.9 Å². The van der Waals surface area contributed by atoms with E-state index in [-0.39, 0.29) is 13.0 Å². The standard InChI is InChI=1S/C28H35N2O10P/c1-28(2,3)39-27(33)30-23(26(32)36-6)18-38-41(37-14-10-13-29)40-25(24(31)19-11-8-7-9-12-19)20-15-21(34-4)17-22(16-20)35-5/h7-9,11-12,15-17,23,25H,10,14,18H2,1-6H3,(H,30,33)/t23-,25+,41?/m0/s1. The molecule has 2 aromatic rings. The summed E-state index contributed by atoms with van der Waals surface area (Å²) in [7, 11) is 1.74. The molecule has 41 heavy (non-hydrogen) atoms. The van der Waals surface area contributed by atoms with Crippen molar-refractivity contribution < 1.29 is 46.9 Å². The lowest BCUT2D eigenvalue weighted by atomic mass is 9.99.